The standard InChI is InChI=1S/C17H19ClF2N2O/c1-3-4-5-14(13-10-21-17(20)16(19)15(13)18)22-11-6-8-12(23-2)9-7-11/h6-10,14,22H,3-5H2,1-2H3. The number of unbranched alkanes of at least 4 members (excludes halogenated alkanes) is 1. The number of hydrogen-bond acceptors (Lipinski definition) is 3. The van der Waals surface area contributed by atoms with Gasteiger partial charge in [0.2, 0.25) is 5.95 Å². The molecule has 1 atom stereocenters. The lowest BCUT2D eigenvalue weighted by Crippen LogP contribution is -2.13. The molecule has 0 amide bonds. The second kappa shape index (κ2) is 8.11. The first kappa shape index (κ1) is 17.5. The van der Waals surface area contributed by atoms with Gasteiger partial charge in [-0.3, -0.25) is 0 Å². The summed E-state index contributed by atoms with van der Waals surface area (Å²) in [5.41, 5.74) is 1.29. The normalized spacial score (nSPS) is 12.0. The highest BCUT2D eigenvalue weighted by atomic mass is 35.5. The lowest BCUT2D eigenvalue weighted by Gasteiger charge is -2.21. The monoisotopic (exact) mass is 340 g/mol. The van der Waals surface area contributed by atoms with E-state index in [-0.39, 0.29) is 11.1 Å². The zero-order chi connectivity index (χ0) is 16.8. The first-order valence-corrected chi connectivity index (χ1v) is 7.84. The van der Waals surface area contributed by atoms with Crippen LogP contribution >= 0.6 is 11.6 Å². The largest absolute Gasteiger partial charge is 0.497 e. The van der Waals surface area contributed by atoms with E-state index in [9.17, 15) is 8.78 Å². The number of methoxy groups -OCH3 is 1. The average molecular weight is 341 g/mol. The Hall–Kier alpha value is -1.88. The molecule has 0 aliphatic rings. The molecule has 124 valence electrons. The van der Waals surface area contributed by atoms with Gasteiger partial charge in [0.05, 0.1) is 18.2 Å². The molecule has 1 aromatic heterocycles. The second-order valence-corrected chi connectivity index (χ2v) is 5.58. The van der Waals surface area contributed by atoms with Crippen LogP contribution in [0.1, 0.15) is 37.8 Å². The summed E-state index contributed by atoms with van der Waals surface area (Å²) in [6, 6.07) is 7.12. The minimum Gasteiger partial charge on any atom is -0.497 e. The topological polar surface area (TPSA) is 34.1 Å². The van der Waals surface area contributed by atoms with E-state index in [0.29, 0.717) is 5.56 Å². The van der Waals surface area contributed by atoms with Gasteiger partial charge in [-0.25, -0.2) is 9.37 Å². The van der Waals surface area contributed by atoms with Crippen LogP contribution in [0.3, 0.4) is 0 Å². The fourth-order valence-corrected chi connectivity index (χ4v) is 2.56. The number of anilines is 1. The van der Waals surface area contributed by atoms with Gasteiger partial charge in [-0.15, -0.1) is 0 Å². The number of hydrogen-bond donors (Lipinski definition) is 1. The van der Waals surface area contributed by atoms with E-state index in [1.54, 1.807) is 7.11 Å². The maximum atomic E-state index is 13.7. The first-order chi connectivity index (χ1) is 11.1. The molecule has 3 nitrogen and oxygen atoms in total. The molecule has 6 heteroatoms. The molecule has 0 bridgehead atoms. The molecule has 0 aliphatic carbocycles. The molecule has 0 saturated heterocycles. The maximum Gasteiger partial charge on any atom is 0.250 e. The second-order valence-electron chi connectivity index (χ2n) is 5.20. The van der Waals surface area contributed by atoms with Crippen LogP contribution in [-0.2, 0) is 0 Å². The molecule has 0 aliphatic heterocycles. The molecule has 23 heavy (non-hydrogen) atoms. The number of aromatic nitrogens is 1. The zero-order valence-corrected chi connectivity index (χ0v) is 13.8. The molecule has 1 aromatic carbocycles. The molecule has 0 radical (unpaired) electrons. The minimum absolute atomic E-state index is 0.223. The Morgan fingerprint density at radius 3 is 2.57 bits per heavy atom. The first-order valence-electron chi connectivity index (χ1n) is 7.46. The average Bonchev–Trinajstić information content (AvgIpc) is 2.57. The summed E-state index contributed by atoms with van der Waals surface area (Å²) in [7, 11) is 1.60. The Morgan fingerprint density at radius 2 is 1.96 bits per heavy atom. The fourth-order valence-electron chi connectivity index (χ4n) is 2.30. The zero-order valence-electron chi connectivity index (χ0n) is 13.1. The van der Waals surface area contributed by atoms with Gasteiger partial charge in [0.15, 0.2) is 5.82 Å². The van der Waals surface area contributed by atoms with Crippen LogP contribution < -0.4 is 10.1 Å². The highest BCUT2D eigenvalue weighted by molar-refractivity contribution is 6.31. The van der Waals surface area contributed by atoms with Gasteiger partial charge < -0.3 is 10.1 Å². The molecule has 2 aromatic rings. The molecular weight excluding hydrogens is 322 g/mol. The minimum atomic E-state index is -1.18. The van der Waals surface area contributed by atoms with E-state index in [1.807, 2.05) is 24.3 Å². The smallest absolute Gasteiger partial charge is 0.250 e. The summed E-state index contributed by atoms with van der Waals surface area (Å²) < 4.78 is 32.0. The van der Waals surface area contributed by atoms with Crippen molar-refractivity contribution in [3.63, 3.8) is 0 Å². The Balaban J connectivity index is 2.27. The van der Waals surface area contributed by atoms with Crippen molar-refractivity contribution in [2.24, 2.45) is 0 Å². The van der Waals surface area contributed by atoms with Gasteiger partial charge in [-0.1, -0.05) is 31.4 Å². The van der Waals surface area contributed by atoms with Crippen molar-refractivity contribution in [2.75, 3.05) is 12.4 Å². The van der Waals surface area contributed by atoms with Crippen molar-refractivity contribution in [2.45, 2.75) is 32.2 Å². The lowest BCUT2D eigenvalue weighted by molar-refractivity contribution is 0.415. The summed E-state index contributed by atoms with van der Waals surface area (Å²) in [6.07, 6.45) is 3.92. The number of nitrogens with zero attached hydrogens (tertiary/aromatic N) is 1. The molecule has 0 spiro atoms. The summed E-state index contributed by atoms with van der Waals surface area (Å²) in [6.45, 7) is 2.07. The maximum absolute atomic E-state index is 13.7. The van der Waals surface area contributed by atoms with E-state index in [2.05, 4.69) is 17.2 Å². The van der Waals surface area contributed by atoms with Crippen LogP contribution in [0.4, 0.5) is 14.5 Å². The fraction of sp³-hybridized carbons (Fsp3) is 0.353. The van der Waals surface area contributed by atoms with Crippen LogP contribution in [-0.4, -0.2) is 12.1 Å². The van der Waals surface area contributed by atoms with Crippen LogP contribution in [0, 0.1) is 11.8 Å². The third kappa shape index (κ3) is 4.32. The molecule has 1 unspecified atom stereocenters. The quantitative estimate of drug-likeness (QED) is 0.688. The number of halogens is 3. The number of pyridine rings is 1. The molecule has 1 heterocycles. The van der Waals surface area contributed by atoms with Gasteiger partial charge in [0, 0.05) is 17.4 Å². The van der Waals surface area contributed by atoms with Gasteiger partial charge in [-0.05, 0) is 30.7 Å². The number of benzene rings is 1. The molecule has 2 rings (SSSR count). The highest BCUT2D eigenvalue weighted by Gasteiger charge is 2.20. The van der Waals surface area contributed by atoms with Gasteiger partial charge >= 0.3 is 0 Å². The Morgan fingerprint density at radius 1 is 1.26 bits per heavy atom. The third-order valence-corrected chi connectivity index (χ3v) is 3.98. The lowest BCUT2D eigenvalue weighted by atomic mass is 10.0. The third-order valence-electron chi connectivity index (χ3n) is 3.60. The number of nitrogens with one attached hydrogen (secondary N) is 1. The van der Waals surface area contributed by atoms with Gasteiger partial charge in [-0.2, -0.15) is 4.39 Å². The molecule has 1 N–H and O–H groups in total. The van der Waals surface area contributed by atoms with Crippen molar-refractivity contribution in [3.8, 4) is 5.75 Å². The van der Waals surface area contributed by atoms with Crippen LogP contribution in [0.5, 0.6) is 5.75 Å². The summed E-state index contributed by atoms with van der Waals surface area (Å²) in [5.74, 6) is -1.55. The van der Waals surface area contributed by atoms with Crippen molar-refractivity contribution >= 4 is 17.3 Å². The predicted molar refractivity (Wildman–Crippen MR) is 88.0 cm³/mol. The molecule has 0 saturated carbocycles. The van der Waals surface area contributed by atoms with E-state index in [4.69, 9.17) is 16.3 Å². The van der Waals surface area contributed by atoms with Crippen LogP contribution in [0.25, 0.3) is 0 Å². The summed E-state index contributed by atoms with van der Waals surface area (Å²) in [4.78, 5) is 3.45. The summed E-state index contributed by atoms with van der Waals surface area (Å²) >= 11 is 5.97. The number of ether oxygens (including phenoxy) is 1. The van der Waals surface area contributed by atoms with Crippen molar-refractivity contribution in [3.05, 3.63) is 52.8 Å². The Kier molecular flexibility index (Phi) is 6.16. The summed E-state index contributed by atoms with van der Waals surface area (Å²) in [5, 5.41) is 3.08. The Bertz CT molecular complexity index is 650. The van der Waals surface area contributed by atoms with E-state index in [0.717, 1.165) is 30.7 Å². The van der Waals surface area contributed by atoms with Crippen LogP contribution in [0.2, 0.25) is 5.02 Å². The molecule has 0 fully saturated rings. The van der Waals surface area contributed by atoms with Crippen molar-refractivity contribution in [1.29, 1.82) is 0 Å². The van der Waals surface area contributed by atoms with E-state index in [1.165, 1.54) is 6.20 Å². The number of rotatable bonds is 7. The highest BCUT2D eigenvalue weighted by Crippen LogP contribution is 2.32. The van der Waals surface area contributed by atoms with E-state index < -0.39 is 11.8 Å². The van der Waals surface area contributed by atoms with Crippen molar-refractivity contribution in [1.82, 2.24) is 4.98 Å². The van der Waals surface area contributed by atoms with Gasteiger partial charge in [0.1, 0.15) is 5.75 Å². The van der Waals surface area contributed by atoms with E-state index >= 15 is 0 Å². The SMILES string of the molecule is CCCCC(Nc1ccc(OC)cc1)c1cnc(F)c(F)c1Cl. The Labute approximate surface area is 139 Å². The molecular formula is C17H19ClF2N2O. The van der Waals surface area contributed by atoms with Crippen molar-refractivity contribution < 1.29 is 13.5 Å². The van der Waals surface area contributed by atoms with Gasteiger partial charge in [0.25, 0.3) is 0 Å². The van der Waals surface area contributed by atoms with Crippen LogP contribution in [0.15, 0.2) is 30.5 Å². The predicted octanol–water partition coefficient (Wildman–Crippen LogP) is 5.37.